The largest absolute Gasteiger partial charge is 0.378 e. The quantitative estimate of drug-likeness (QED) is 0.702. The van der Waals surface area contributed by atoms with E-state index in [-0.39, 0.29) is 0 Å². The fourth-order valence-corrected chi connectivity index (χ4v) is 2.38. The lowest BCUT2D eigenvalue weighted by molar-refractivity contribution is 0.134. The van der Waals surface area contributed by atoms with E-state index in [1.54, 1.807) is 6.20 Å². The number of imidazole rings is 1. The highest BCUT2D eigenvalue weighted by molar-refractivity contribution is 5.77. The molecule has 0 aromatic carbocycles. The van der Waals surface area contributed by atoms with Gasteiger partial charge in [-0.15, -0.1) is 0 Å². The minimum absolute atomic E-state index is 0.525. The molecule has 22 heavy (non-hydrogen) atoms. The zero-order chi connectivity index (χ0) is 15.4. The Morgan fingerprint density at radius 3 is 2.95 bits per heavy atom. The number of aryl methyl sites for hydroxylation is 1. The van der Waals surface area contributed by atoms with Gasteiger partial charge in [0, 0.05) is 37.2 Å². The highest BCUT2D eigenvalue weighted by Crippen LogP contribution is 2.23. The third kappa shape index (κ3) is 2.98. The van der Waals surface area contributed by atoms with Crippen LogP contribution in [-0.4, -0.2) is 39.3 Å². The molecule has 3 heterocycles. The van der Waals surface area contributed by atoms with E-state index in [0.717, 1.165) is 28.1 Å². The molecule has 114 valence electrons. The van der Waals surface area contributed by atoms with Crippen LogP contribution in [0.15, 0.2) is 36.8 Å². The molecule has 3 rings (SSSR count). The van der Waals surface area contributed by atoms with Gasteiger partial charge in [0.05, 0.1) is 13.2 Å². The molecule has 0 aliphatic heterocycles. The molecule has 3 aromatic heterocycles. The minimum atomic E-state index is 0.525. The second kappa shape index (κ2) is 6.64. The van der Waals surface area contributed by atoms with Crippen molar-refractivity contribution in [3.63, 3.8) is 0 Å². The average Bonchev–Trinajstić information content (AvgIpc) is 2.90. The highest BCUT2D eigenvalue weighted by atomic mass is 16.5. The number of pyridine rings is 2. The fourth-order valence-electron chi connectivity index (χ4n) is 2.38. The first-order valence-corrected chi connectivity index (χ1v) is 7.30. The molecule has 0 fully saturated rings. The molecule has 0 radical (unpaired) electrons. The predicted molar refractivity (Wildman–Crippen MR) is 85.4 cm³/mol. The van der Waals surface area contributed by atoms with Crippen LogP contribution in [0.5, 0.6) is 0 Å². The van der Waals surface area contributed by atoms with Gasteiger partial charge in [0.2, 0.25) is 0 Å². The van der Waals surface area contributed by atoms with Crippen molar-refractivity contribution in [1.82, 2.24) is 19.5 Å². The van der Waals surface area contributed by atoms with E-state index in [9.17, 15) is 0 Å². The van der Waals surface area contributed by atoms with E-state index in [1.165, 1.54) is 0 Å². The Morgan fingerprint density at radius 2 is 2.18 bits per heavy atom. The summed E-state index contributed by atoms with van der Waals surface area (Å²) in [7, 11) is 0. The highest BCUT2D eigenvalue weighted by Gasteiger charge is 2.13. The second-order valence-electron chi connectivity index (χ2n) is 5.09. The maximum Gasteiger partial charge on any atom is 0.160 e. The van der Waals surface area contributed by atoms with Gasteiger partial charge in [0.1, 0.15) is 11.3 Å². The van der Waals surface area contributed by atoms with Crippen LogP contribution >= 0.6 is 0 Å². The van der Waals surface area contributed by atoms with Crippen LogP contribution in [0.3, 0.4) is 0 Å². The van der Waals surface area contributed by atoms with Crippen molar-refractivity contribution in [1.29, 1.82) is 0 Å². The lowest BCUT2D eigenvalue weighted by Crippen LogP contribution is -2.13. The van der Waals surface area contributed by atoms with E-state index in [2.05, 4.69) is 14.5 Å². The van der Waals surface area contributed by atoms with Gasteiger partial charge in [-0.05, 0) is 30.7 Å². The summed E-state index contributed by atoms with van der Waals surface area (Å²) in [5, 5.41) is 0. The number of rotatable bonds is 6. The lowest BCUT2D eigenvalue weighted by atomic mass is 10.3. The molecule has 0 aliphatic rings. The number of nitrogens with two attached hydrogens (primary N) is 1. The zero-order valence-corrected chi connectivity index (χ0v) is 12.6. The van der Waals surface area contributed by atoms with Gasteiger partial charge in [0.15, 0.2) is 5.65 Å². The topological polar surface area (TPSA) is 78.8 Å². The number of ether oxygens (including phenoxy) is 1. The summed E-state index contributed by atoms with van der Waals surface area (Å²) in [6, 6.07) is 5.94. The molecule has 0 atom stereocenters. The monoisotopic (exact) mass is 297 g/mol. The summed E-state index contributed by atoms with van der Waals surface area (Å²) < 4.78 is 7.57. The Labute approximate surface area is 129 Å². The minimum Gasteiger partial charge on any atom is -0.378 e. The van der Waals surface area contributed by atoms with Gasteiger partial charge in [-0.3, -0.25) is 4.98 Å². The Hall–Kier alpha value is -2.31. The summed E-state index contributed by atoms with van der Waals surface area (Å²) in [6.45, 7) is 4.35. The van der Waals surface area contributed by atoms with Crippen molar-refractivity contribution >= 4 is 11.2 Å². The maximum atomic E-state index is 5.50. The number of aromatic nitrogens is 4. The van der Waals surface area contributed by atoms with E-state index < -0.39 is 0 Å². The molecular weight excluding hydrogens is 278 g/mol. The number of fused-ring (bicyclic) bond motifs is 1. The van der Waals surface area contributed by atoms with Crippen LogP contribution in [0.1, 0.15) is 5.56 Å². The zero-order valence-electron chi connectivity index (χ0n) is 12.6. The number of nitrogens with zero attached hydrogens (tertiary/aromatic N) is 4. The SMILES string of the molecule is Cc1cnc2c(c1)nc(-c1cccnc1)n2CCOCCN. The molecule has 0 saturated carbocycles. The number of hydrogen-bond acceptors (Lipinski definition) is 5. The predicted octanol–water partition coefficient (Wildman–Crippen LogP) is 1.78. The summed E-state index contributed by atoms with van der Waals surface area (Å²) in [5.74, 6) is 0.859. The van der Waals surface area contributed by atoms with Crippen LogP contribution in [-0.2, 0) is 11.3 Å². The third-order valence-electron chi connectivity index (χ3n) is 3.36. The van der Waals surface area contributed by atoms with Crippen LogP contribution in [0, 0.1) is 6.92 Å². The van der Waals surface area contributed by atoms with E-state index in [0.29, 0.717) is 26.3 Å². The molecule has 6 heteroatoms. The van der Waals surface area contributed by atoms with Crippen molar-refractivity contribution in [2.24, 2.45) is 5.73 Å². The molecule has 0 bridgehead atoms. The standard InChI is InChI=1S/C16H19N5O/c1-12-9-14-16(19-10-12)21(6-8-22-7-4-17)15(20-14)13-3-2-5-18-11-13/h2-3,5,9-11H,4,6-8,17H2,1H3. The van der Waals surface area contributed by atoms with E-state index >= 15 is 0 Å². The normalized spacial score (nSPS) is 11.2. The average molecular weight is 297 g/mol. The van der Waals surface area contributed by atoms with Crippen molar-refractivity contribution in [2.45, 2.75) is 13.5 Å². The molecule has 6 nitrogen and oxygen atoms in total. The first kappa shape index (κ1) is 14.6. The van der Waals surface area contributed by atoms with Crippen LogP contribution in [0.25, 0.3) is 22.6 Å². The fraction of sp³-hybridized carbons (Fsp3) is 0.312. The Morgan fingerprint density at radius 1 is 1.27 bits per heavy atom. The van der Waals surface area contributed by atoms with Gasteiger partial charge in [-0.25, -0.2) is 9.97 Å². The molecule has 3 aromatic rings. The Bertz CT molecular complexity index is 754. The van der Waals surface area contributed by atoms with Crippen LogP contribution in [0.2, 0.25) is 0 Å². The van der Waals surface area contributed by atoms with Crippen LogP contribution < -0.4 is 5.73 Å². The summed E-state index contributed by atoms with van der Waals surface area (Å²) >= 11 is 0. The van der Waals surface area contributed by atoms with Crippen molar-refractivity contribution in [3.8, 4) is 11.4 Å². The molecule has 0 amide bonds. The first-order valence-electron chi connectivity index (χ1n) is 7.30. The smallest absolute Gasteiger partial charge is 0.160 e. The van der Waals surface area contributed by atoms with Crippen molar-refractivity contribution < 1.29 is 4.74 Å². The first-order chi connectivity index (χ1) is 10.8. The molecule has 2 N–H and O–H groups in total. The molecule has 0 aliphatic carbocycles. The molecular formula is C16H19N5O. The Kier molecular flexibility index (Phi) is 4.41. The van der Waals surface area contributed by atoms with Crippen molar-refractivity contribution in [2.75, 3.05) is 19.8 Å². The second-order valence-corrected chi connectivity index (χ2v) is 5.09. The van der Waals surface area contributed by atoms with Gasteiger partial charge in [-0.1, -0.05) is 0 Å². The summed E-state index contributed by atoms with van der Waals surface area (Å²) in [5.41, 5.74) is 9.26. The number of hydrogen-bond donors (Lipinski definition) is 1. The van der Waals surface area contributed by atoms with Gasteiger partial charge in [0.25, 0.3) is 0 Å². The van der Waals surface area contributed by atoms with Gasteiger partial charge < -0.3 is 15.0 Å². The molecule has 0 saturated heterocycles. The third-order valence-corrected chi connectivity index (χ3v) is 3.36. The van der Waals surface area contributed by atoms with Gasteiger partial charge in [-0.2, -0.15) is 0 Å². The molecule has 0 spiro atoms. The van der Waals surface area contributed by atoms with E-state index in [1.807, 2.05) is 37.5 Å². The lowest BCUT2D eigenvalue weighted by Gasteiger charge is -2.09. The summed E-state index contributed by atoms with van der Waals surface area (Å²) in [6.07, 6.45) is 5.42. The van der Waals surface area contributed by atoms with E-state index in [4.69, 9.17) is 15.5 Å². The van der Waals surface area contributed by atoms with Crippen molar-refractivity contribution in [3.05, 3.63) is 42.4 Å². The maximum absolute atomic E-state index is 5.50. The molecule has 0 unspecified atom stereocenters. The van der Waals surface area contributed by atoms with Gasteiger partial charge >= 0.3 is 0 Å². The Balaban J connectivity index is 2.01. The van der Waals surface area contributed by atoms with Crippen LogP contribution in [0.4, 0.5) is 0 Å². The summed E-state index contributed by atoms with van der Waals surface area (Å²) in [4.78, 5) is 13.4.